The topological polar surface area (TPSA) is 58.6 Å². The maximum Gasteiger partial charge on any atom is 0.248 e. The standard InChI is InChI=1S/C16H22N2O3/c1-4-16(2)15(20)18(10-9-14(19)17-16)11-12-7-5-6-8-13(12)21-3/h5-8H,4,9-11H2,1-3H3,(H,17,19). The van der Waals surface area contributed by atoms with E-state index < -0.39 is 5.54 Å². The molecule has 114 valence electrons. The van der Waals surface area contributed by atoms with Crippen molar-refractivity contribution in [2.75, 3.05) is 13.7 Å². The van der Waals surface area contributed by atoms with Crippen molar-refractivity contribution < 1.29 is 14.3 Å². The van der Waals surface area contributed by atoms with Gasteiger partial charge in [-0.25, -0.2) is 0 Å². The Balaban J connectivity index is 2.25. The van der Waals surface area contributed by atoms with Crippen molar-refractivity contribution >= 4 is 11.8 Å². The summed E-state index contributed by atoms with van der Waals surface area (Å²) in [6.45, 7) is 4.57. The molecule has 5 nitrogen and oxygen atoms in total. The van der Waals surface area contributed by atoms with Gasteiger partial charge in [0.15, 0.2) is 0 Å². The highest BCUT2D eigenvalue weighted by Crippen LogP contribution is 2.23. The average Bonchev–Trinajstić information content (AvgIpc) is 2.60. The van der Waals surface area contributed by atoms with Crippen molar-refractivity contribution in [3.05, 3.63) is 29.8 Å². The van der Waals surface area contributed by atoms with E-state index in [0.717, 1.165) is 11.3 Å². The van der Waals surface area contributed by atoms with Crippen molar-refractivity contribution in [3.8, 4) is 5.75 Å². The van der Waals surface area contributed by atoms with E-state index in [0.29, 0.717) is 25.9 Å². The number of para-hydroxylation sites is 1. The molecule has 1 heterocycles. The van der Waals surface area contributed by atoms with Crippen LogP contribution in [0.4, 0.5) is 0 Å². The summed E-state index contributed by atoms with van der Waals surface area (Å²) in [4.78, 5) is 26.3. The Morgan fingerprint density at radius 1 is 1.33 bits per heavy atom. The number of nitrogens with one attached hydrogen (secondary N) is 1. The van der Waals surface area contributed by atoms with E-state index in [2.05, 4.69) is 5.32 Å². The highest BCUT2D eigenvalue weighted by molar-refractivity contribution is 5.93. The number of ether oxygens (including phenoxy) is 1. The molecular weight excluding hydrogens is 268 g/mol. The number of rotatable bonds is 4. The molecule has 0 aromatic heterocycles. The van der Waals surface area contributed by atoms with E-state index in [4.69, 9.17) is 4.74 Å². The van der Waals surface area contributed by atoms with Crippen molar-refractivity contribution in [1.82, 2.24) is 10.2 Å². The lowest BCUT2D eigenvalue weighted by Crippen LogP contribution is -2.54. The Hall–Kier alpha value is -2.04. The summed E-state index contributed by atoms with van der Waals surface area (Å²) >= 11 is 0. The zero-order chi connectivity index (χ0) is 15.5. The highest BCUT2D eigenvalue weighted by atomic mass is 16.5. The predicted molar refractivity (Wildman–Crippen MR) is 79.9 cm³/mol. The molecule has 2 amide bonds. The third-order valence-electron chi connectivity index (χ3n) is 4.04. The van der Waals surface area contributed by atoms with E-state index in [9.17, 15) is 9.59 Å². The quantitative estimate of drug-likeness (QED) is 0.918. The minimum atomic E-state index is -0.824. The van der Waals surface area contributed by atoms with Gasteiger partial charge < -0.3 is 15.0 Å². The fourth-order valence-corrected chi connectivity index (χ4v) is 2.54. The van der Waals surface area contributed by atoms with E-state index in [1.807, 2.05) is 31.2 Å². The molecule has 1 aliphatic rings. The SMILES string of the molecule is CCC1(C)NC(=O)CCN(Cc2ccccc2OC)C1=O. The van der Waals surface area contributed by atoms with Crippen LogP contribution in [0.2, 0.25) is 0 Å². The summed E-state index contributed by atoms with van der Waals surface area (Å²) < 4.78 is 5.33. The van der Waals surface area contributed by atoms with E-state index in [1.165, 1.54) is 0 Å². The number of hydrogen-bond donors (Lipinski definition) is 1. The maximum absolute atomic E-state index is 12.7. The van der Waals surface area contributed by atoms with Crippen molar-refractivity contribution in [2.24, 2.45) is 0 Å². The molecule has 1 aromatic carbocycles. The zero-order valence-electron chi connectivity index (χ0n) is 12.8. The molecular formula is C16H22N2O3. The summed E-state index contributed by atoms with van der Waals surface area (Å²) in [6, 6.07) is 7.63. The molecule has 1 N–H and O–H groups in total. The van der Waals surface area contributed by atoms with E-state index >= 15 is 0 Å². The molecule has 1 unspecified atom stereocenters. The van der Waals surface area contributed by atoms with Crippen LogP contribution in [0.3, 0.4) is 0 Å². The third kappa shape index (κ3) is 3.17. The average molecular weight is 290 g/mol. The van der Waals surface area contributed by atoms with Crippen molar-refractivity contribution in [2.45, 2.75) is 38.8 Å². The second-order valence-electron chi connectivity index (χ2n) is 5.52. The molecule has 1 atom stereocenters. The first kappa shape index (κ1) is 15.4. The van der Waals surface area contributed by atoms with Crippen LogP contribution >= 0.6 is 0 Å². The summed E-state index contributed by atoms with van der Waals surface area (Å²) in [6.07, 6.45) is 0.899. The minimum absolute atomic E-state index is 0.0400. The lowest BCUT2D eigenvalue weighted by molar-refractivity contribution is -0.138. The van der Waals surface area contributed by atoms with Gasteiger partial charge in [-0.15, -0.1) is 0 Å². The molecule has 0 saturated carbocycles. The second-order valence-corrected chi connectivity index (χ2v) is 5.52. The van der Waals surface area contributed by atoms with Crippen LogP contribution in [-0.2, 0) is 16.1 Å². The predicted octanol–water partition coefficient (Wildman–Crippen LogP) is 1.71. The Morgan fingerprint density at radius 3 is 2.71 bits per heavy atom. The number of carbonyl (C=O) groups is 2. The fourth-order valence-electron chi connectivity index (χ4n) is 2.54. The first-order valence-electron chi connectivity index (χ1n) is 7.22. The van der Waals surface area contributed by atoms with Gasteiger partial charge in [0.1, 0.15) is 11.3 Å². The van der Waals surface area contributed by atoms with Gasteiger partial charge >= 0.3 is 0 Å². The van der Waals surface area contributed by atoms with Gasteiger partial charge in [0.2, 0.25) is 11.8 Å². The Kier molecular flexibility index (Phi) is 4.50. The van der Waals surface area contributed by atoms with E-state index in [-0.39, 0.29) is 11.8 Å². The molecule has 0 spiro atoms. The molecule has 1 saturated heterocycles. The molecule has 0 aliphatic carbocycles. The molecule has 1 aromatic rings. The lowest BCUT2D eigenvalue weighted by Gasteiger charge is -2.31. The van der Waals surface area contributed by atoms with Gasteiger partial charge in [-0.2, -0.15) is 0 Å². The molecule has 5 heteroatoms. The van der Waals surface area contributed by atoms with Crippen LogP contribution < -0.4 is 10.1 Å². The van der Waals surface area contributed by atoms with Gasteiger partial charge in [0.05, 0.1) is 7.11 Å². The first-order chi connectivity index (χ1) is 10.00. The smallest absolute Gasteiger partial charge is 0.248 e. The van der Waals surface area contributed by atoms with Crippen molar-refractivity contribution in [1.29, 1.82) is 0 Å². The largest absolute Gasteiger partial charge is 0.496 e. The first-order valence-corrected chi connectivity index (χ1v) is 7.22. The maximum atomic E-state index is 12.7. The molecule has 0 bridgehead atoms. The van der Waals surface area contributed by atoms with Crippen LogP contribution in [0.5, 0.6) is 5.75 Å². The zero-order valence-corrected chi connectivity index (χ0v) is 12.8. The Morgan fingerprint density at radius 2 is 2.05 bits per heavy atom. The highest BCUT2D eigenvalue weighted by Gasteiger charge is 2.39. The lowest BCUT2D eigenvalue weighted by atomic mass is 9.97. The van der Waals surface area contributed by atoms with Crippen LogP contribution in [-0.4, -0.2) is 35.9 Å². The van der Waals surface area contributed by atoms with Crippen LogP contribution in [0.15, 0.2) is 24.3 Å². The molecule has 1 fully saturated rings. The summed E-state index contributed by atoms with van der Waals surface area (Å²) in [7, 11) is 1.62. The summed E-state index contributed by atoms with van der Waals surface area (Å²) in [5.41, 5.74) is 0.122. The number of hydrogen-bond acceptors (Lipinski definition) is 3. The molecule has 21 heavy (non-hydrogen) atoms. The van der Waals surface area contributed by atoms with Gasteiger partial charge in [-0.1, -0.05) is 25.1 Å². The van der Waals surface area contributed by atoms with E-state index in [1.54, 1.807) is 18.9 Å². The van der Waals surface area contributed by atoms with Crippen LogP contribution in [0.25, 0.3) is 0 Å². The third-order valence-corrected chi connectivity index (χ3v) is 4.04. The molecule has 1 aliphatic heterocycles. The number of carbonyl (C=O) groups excluding carboxylic acids is 2. The number of benzene rings is 1. The minimum Gasteiger partial charge on any atom is -0.496 e. The van der Waals surface area contributed by atoms with Crippen LogP contribution in [0, 0.1) is 0 Å². The van der Waals surface area contributed by atoms with Gasteiger partial charge in [-0.05, 0) is 19.4 Å². The van der Waals surface area contributed by atoms with Gasteiger partial charge in [-0.3, -0.25) is 9.59 Å². The monoisotopic (exact) mass is 290 g/mol. The summed E-state index contributed by atoms with van der Waals surface area (Å²) in [5.74, 6) is 0.643. The number of nitrogens with zero attached hydrogens (tertiary/aromatic N) is 1. The van der Waals surface area contributed by atoms with Crippen molar-refractivity contribution in [3.63, 3.8) is 0 Å². The molecule has 2 rings (SSSR count). The fraction of sp³-hybridized carbons (Fsp3) is 0.500. The Labute approximate surface area is 125 Å². The van der Waals surface area contributed by atoms with Gasteiger partial charge in [0.25, 0.3) is 0 Å². The second kappa shape index (κ2) is 6.16. The summed E-state index contributed by atoms with van der Waals surface area (Å²) in [5, 5.41) is 2.84. The Bertz CT molecular complexity index is 544. The van der Waals surface area contributed by atoms with Gasteiger partial charge in [0, 0.05) is 25.1 Å². The molecule has 0 radical (unpaired) electrons. The van der Waals surface area contributed by atoms with Crippen LogP contribution in [0.1, 0.15) is 32.3 Å². The number of methoxy groups -OCH3 is 1. The normalized spacial score (nSPS) is 22.7. The number of amides is 2.